The summed E-state index contributed by atoms with van der Waals surface area (Å²) in [6, 6.07) is 16.1. The van der Waals surface area contributed by atoms with Crippen molar-refractivity contribution in [3.63, 3.8) is 0 Å². The predicted octanol–water partition coefficient (Wildman–Crippen LogP) is 5.51. The lowest BCUT2D eigenvalue weighted by Crippen LogP contribution is -2.04. The standard InChI is InChI=1S/C26H26N2O3/c1-3-5-23-22-10-12-28(2)24(22)8-9-25(23)31-13-11-18-6-4-7-19(14-18)20-15-21(26(29)30)17-27-16-20/h4,6-10,12,14-17H,3,5,11,13H2,1-2H3,(H,29,30). The zero-order chi connectivity index (χ0) is 21.8. The predicted molar refractivity (Wildman–Crippen MR) is 123 cm³/mol. The zero-order valence-electron chi connectivity index (χ0n) is 17.8. The molecule has 2 aromatic carbocycles. The van der Waals surface area contributed by atoms with Crippen molar-refractivity contribution in [2.45, 2.75) is 26.2 Å². The topological polar surface area (TPSA) is 64.3 Å². The Hall–Kier alpha value is -3.60. The molecular weight excluding hydrogens is 388 g/mol. The van der Waals surface area contributed by atoms with Crippen LogP contribution in [0.1, 0.15) is 34.8 Å². The van der Waals surface area contributed by atoms with Crippen LogP contribution in [-0.2, 0) is 19.9 Å². The van der Waals surface area contributed by atoms with Crippen molar-refractivity contribution in [2.75, 3.05) is 6.61 Å². The Labute approximate surface area is 181 Å². The van der Waals surface area contributed by atoms with Gasteiger partial charge in [0.2, 0.25) is 0 Å². The van der Waals surface area contributed by atoms with Gasteiger partial charge in [-0.1, -0.05) is 37.6 Å². The molecule has 158 valence electrons. The molecule has 0 fully saturated rings. The van der Waals surface area contributed by atoms with Crippen molar-refractivity contribution in [3.05, 3.63) is 83.8 Å². The number of fused-ring (bicyclic) bond motifs is 1. The number of carbonyl (C=O) groups is 1. The van der Waals surface area contributed by atoms with Crippen LogP contribution in [0.25, 0.3) is 22.0 Å². The van der Waals surface area contributed by atoms with E-state index >= 15 is 0 Å². The maximum Gasteiger partial charge on any atom is 0.337 e. The second-order valence-electron chi connectivity index (χ2n) is 7.72. The SMILES string of the molecule is CCCc1c(OCCc2cccc(-c3cncc(C(=O)O)c3)c2)ccc2c1ccn2C. The van der Waals surface area contributed by atoms with Crippen LogP contribution in [0.4, 0.5) is 0 Å². The van der Waals surface area contributed by atoms with Gasteiger partial charge in [0.15, 0.2) is 0 Å². The summed E-state index contributed by atoms with van der Waals surface area (Å²) < 4.78 is 8.34. The fraction of sp³-hybridized carbons (Fsp3) is 0.231. The average molecular weight is 415 g/mol. The molecule has 4 aromatic rings. The molecule has 0 aliphatic heterocycles. The smallest absolute Gasteiger partial charge is 0.337 e. The summed E-state index contributed by atoms with van der Waals surface area (Å²) in [7, 11) is 2.06. The van der Waals surface area contributed by atoms with Gasteiger partial charge >= 0.3 is 5.97 Å². The summed E-state index contributed by atoms with van der Waals surface area (Å²) >= 11 is 0. The van der Waals surface area contributed by atoms with E-state index in [0.29, 0.717) is 6.61 Å². The number of benzene rings is 2. The van der Waals surface area contributed by atoms with Crippen molar-refractivity contribution in [1.82, 2.24) is 9.55 Å². The monoisotopic (exact) mass is 414 g/mol. The van der Waals surface area contributed by atoms with Gasteiger partial charge in [0.05, 0.1) is 12.2 Å². The van der Waals surface area contributed by atoms with E-state index in [1.54, 1.807) is 12.3 Å². The molecule has 0 aliphatic rings. The third kappa shape index (κ3) is 4.45. The first-order chi connectivity index (χ1) is 15.1. The number of carboxylic acids is 1. The molecule has 31 heavy (non-hydrogen) atoms. The van der Waals surface area contributed by atoms with E-state index in [9.17, 15) is 9.90 Å². The Morgan fingerprint density at radius 3 is 2.74 bits per heavy atom. The first kappa shape index (κ1) is 20.7. The lowest BCUT2D eigenvalue weighted by atomic mass is 10.0. The first-order valence-electron chi connectivity index (χ1n) is 10.5. The Morgan fingerprint density at radius 2 is 1.94 bits per heavy atom. The van der Waals surface area contributed by atoms with Crippen molar-refractivity contribution < 1.29 is 14.6 Å². The Balaban J connectivity index is 1.49. The van der Waals surface area contributed by atoms with Gasteiger partial charge in [0.25, 0.3) is 0 Å². The second kappa shape index (κ2) is 9.04. The second-order valence-corrected chi connectivity index (χ2v) is 7.72. The molecule has 0 unspecified atom stereocenters. The first-order valence-corrected chi connectivity index (χ1v) is 10.5. The summed E-state index contributed by atoms with van der Waals surface area (Å²) in [4.78, 5) is 15.3. The Kier molecular flexibility index (Phi) is 6.03. The molecule has 0 atom stereocenters. The van der Waals surface area contributed by atoms with Gasteiger partial charge in [0.1, 0.15) is 5.75 Å². The molecule has 0 saturated heterocycles. The minimum atomic E-state index is -0.975. The van der Waals surface area contributed by atoms with E-state index in [2.05, 4.69) is 60.1 Å². The molecule has 5 nitrogen and oxygen atoms in total. The number of hydrogen-bond acceptors (Lipinski definition) is 3. The average Bonchev–Trinajstić information content (AvgIpc) is 3.16. The number of carboxylic acid groups (broad SMARTS) is 1. The summed E-state index contributed by atoms with van der Waals surface area (Å²) in [5.41, 5.74) is 5.56. The molecule has 4 rings (SSSR count). The molecular formula is C26H26N2O3. The van der Waals surface area contributed by atoms with Crippen molar-refractivity contribution in [1.29, 1.82) is 0 Å². The zero-order valence-corrected chi connectivity index (χ0v) is 17.8. The summed E-state index contributed by atoms with van der Waals surface area (Å²) in [5.74, 6) is -0.0211. The summed E-state index contributed by atoms with van der Waals surface area (Å²) in [6.45, 7) is 2.76. The minimum absolute atomic E-state index is 0.186. The minimum Gasteiger partial charge on any atom is -0.493 e. The van der Waals surface area contributed by atoms with Gasteiger partial charge in [-0.2, -0.15) is 0 Å². The third-order valence-electron chi connectivity index (χ3n) is 5.53. The fourth-order valence-corrected chi connectivity index (χ4v) is 3.94. The van der Waals surface area contributed by atoms with Crippen LogP contribution < -0.4 is 4.74 Å². The number of aromatic nitrogens is 2. The molecule has 0 bridgehead atoms. The Morgan fingerprint density at radius 1 is 1.06 bits per heavy atom. The number of rotatable bonds is 8. The fourth-order valence-electron chi connectivity index (χ4n) is 3.94. The molecule has 0 radical (unpaired) electrons. The van der Waals surface area contributed by atoms with Crippen molar-refractivity contribution in [2.24, 2.45) is 7.05 Å². The number of nitrogens with zero attached hydrogens (tertiary/aromatic N) is 2. The molecule has 0 spiro atoms. The van der Waals surface area contributed by atoms with Crippen LogP contribution in [0.15, 0.2) is 67.1 Å². The molecule has 5 heteroatoms. The van der Waals surface area contributed by atoms with Crippen molar-refractivity contribution >= 4 is 16.9 Å². The van der Waals surface area contributed by atoms with E-state index in [1.165, 1.54) is 22.7 Å². The van der Waals surface area contributed by atoms with Crippen molar-refractivity contribution in [3.8, 4) is 16.9 Å². The van der Waals surface area contributed by atoms with E-state index < -0.39 is 5.97 Å². The van der Waals surface area contributed by atoms with Gasteiger partial charge < -0.3 is 14.4 Å². The molecule has 0 aliphatic carbocycles. The molecule has 0 amide bonds. The summed E-state index contributed by atoms with van der Waals surface area (Å²) in [5, 5.41) is 10.5. The molecule has 0 saturated carbocycles. The molecule has 2 aromatic heterocycles. The summed E-state index contributed by atoms with van der Waals surface area (Å²) in [6.07, 6.45) is 7.95. The maximum atomic E-state index is 11.2. The number of ether oxygens (including phenoxy) is 1. The van der Waals surface area contributed by atoms with Crippen LogP contribution in [0.3, 0.4) is 0 Å². The van der Waals surface area contributed by atoms with E-state index in [-0.39, 0.29) is 5.56 Å². The van der Waals surface area contributed by atoms with Crippen LogP contribution in [0.5, 0.6) is 5.75 Å². The number of hydrogen-bond donors (Lipinski definition) is 1. The highest BCUT2D eigenvalue weighted by atomic mass is 16.5. The largest absolute Gasteiger partial charge is 0.493 e. The van der Waals surface area contributed by atoms with Crippen LogP contribution in [0.2, 0.25) is 0 Å². The van der Waals surface area contributed by atoms with Crippen LogP contribution >= 0.6 is 0 Å². The number of aryl methyl sites for hydroxylation is 2. The number of aromatic carboxylic acids is 1. The maximum absolute atomic E-state index is 11.2. The molecule has 1 N–H and O–H groups in total. The van der Waals surface area contributed by atoms with Gasteiger partial charge in [-0.05, 0) is 41.8 Å². The van der Waals surface area contributed by atoms with Gasteiger partial charge in [0, 0.05) is 54.1 Å². The lowest BCUT2D eigenvalue weighted by Gasteiger charge is -2.13. The van der Waals surface area contributed by atoms with Gasteiger partial charge in [-0.3, -0.25) is 4.98 Å². The van der Waals surface area contributed by atoms with E-state index in [4.69, 9.17) is 4.74 Å². The van der Waals surface area contributed by atoms with E-state index in [1.807, 2.05) is 12.1 Å². The third-order valence-corrected chi connectivity index (χ3v) is 5.53. The van der Waals surface area contributed by atoms with Gasteiger partial charge in [-0.25, -0.2) is 4.79 Å². The van der Waals surface area contributed by atoms with Crippen LogP contribution in [-0.4, -0.2) is 27.2 Å². The highest BCUT2D eigenvalue weighted by Gasteiger charge is 2.11. The number of pyridine rings is 1. The lowest BCUT2D eigenvalue weighted by molar-refractivity contribution is 0.0696. The van der Waals surface area contributed by atoms with Crippen LogP contribution in [0, 0.1) is 0 Å². The van der Waals surface area contributed by atoms with E-state index in [0.717, 1.165) is 41.7 Å². The quantitative estimate of drug-likeness (QED) is 0.413. The van der Waals surface area contributed by atoms with Gasteiger partial charge in [-0.15, -0.1) is 0 Å². The Bertz CT molecular complexity index is 1230. The highest BCUT2D eigenvalue weighted by molar-refractivity contribution is 5.89. The molecule has 2 heterocycles. The highest BCUT2D eigenvalue weighted by Crippen LogP contribution is 2.30. The normalized spacial score (nSPS) is 11.0.